The van der Waals surface area contributed by atoms with Crippen molar-refractivity contribution in [3.63, 3.8) is 0 Å². The summed E-state index contributed by atoms with van der Waals surface area (Å²) in [5.74, 6) is -0.715. The van der Waals surface area contributed by atoms with Gasteiger partial charge in [-0.05, 0) is 31.5 Å². The lowest BCUT2D eigenvalue weighted by Crippen LogP contribution is -2.41. The van der Waals surface area contributed by atoms with Crippen LogP contribution < -0.4 is 10.6 Å². The van der Waals surface area contributed by atoms with Crippen molar-refractivity contribution in [1.29, 1.82) is 0 Å². The summed E-state index contributed by atoms with van der Waals surface area (Å²) >= 11 is 0. The second-order valence-corrected chi connectivity index (χ2v) is 3.81. The van der Waals surface area contributed by atoms with Crippen LogP contribution in [-0.2, 0) is 11.3 Å². The molecule has 0 heterocycles. The first-order valence-electron chi connectivity index (χ1n) is 5.52. The zero-order valence-corrected chi connectivity index (χ0v) is 9.96. The molecule has 0 radical (unpaired) electrons. The van der Waals surface area contributed by atoms with Crippen LogP contribution in [0, 0.1) is 5.82 Å². The molecule has 0 bridgehead atoms. The lowest BCUT2D eigenvalue weighted by atomic mass is 10.2. The number of likely N-dealkylation sites (N-methyl/N-ethyl adjacent to an activating group) is 1. The van der Waals surface area contributed by atoms with Crippen molar-refractivity contribution in [2.45, 2.75) is 26.4 Å². The maximum atomic E-state index is 13.0. The number of aromatic hydroxyl groups is 1. The van der Waals surface area contributed by atoms with Crippen LogP contribution in [0.1, 0.15) is 19.4 Å². The second kappa shape index (κ2) is 6.20. The molecule has 3 N–H and O–H groups in total. The van der Waals surface area contributed by atoms with E-state index in [1.807, 2.05) is 6.92 Å². The molecule has 5 heteroatoms. The van der Waals surface area contributed by atoms with Gasteiger partial charge in [0, 0.05) is 19.2 Å². The van der Waals surface area contributed by atoms with Gasteiger partial charge in [-0.1, -0.05) is 0 Å². The fourth-order valence-corrected chi connectivity index (χ4v) is 1.43. The highest BCUT2D eigenvalue weighted by Crippen LogP contribution is 2.14. The molecule has 1 amide bonds. The number of benzene rings is 1. The predicted molar refractivity (Wildman–Crippen MR) is 63.1 cm³/mol. The molecule has 0 aromatic heterocycles. The molecule has 1 unspecified atom stereocenters. The average molecular weight is 240 g/mol. The standard InChI is InChI=1S/C12H17FN2O2/c1-3-14-12(17)8(2)15-7-9-4-10(13)6-11(16)5-9/h4-6,8,15-16H,3,7H2,1-2H3,(H,14,17). The first-order chi connectivity index (χ1) is 8.02. The van der Waals surface area contributed by atoms with Crippen LogP contribution >= 0.6 is 0 Å². The number of nitrogens with one attached hydrogen (secondary N) is 2. The molecule has 17 heavy (non-hydrogen) atoms. The molecule has 1 atom stereocenters. The van der Waals surface area contributed by atoms with E-state index >= 15 is 0 Å². The van der Waals surface area contributed by atoms with Crippen LogP contribution in [0.5, 0.6) is 5.75 Å². The van der Waals surface area contributed by atoms with E-state index in [1.54, 1.807) is 6.92 Å². The second-order valence-electron chi connectivity index (χ2n) is 3.81. The number of carbonyl (C=O) groups is 1. The summed E-state index contributed by atoms with van der Waals surface area (Å²) in [4.78, 5) is 11.4. The molecule has 0 aliphatic rings. The van der Waals surface area contributed by atoms with Gasteiger partial charge in [-0.2, -0.15) is 0 Å². The third kappa shape index (κ3) is 4.40. The minimum atomic E-state index is -0.493. The lowest BCUT2D eigenvalue weighted by Gasteiger charge is -2.13. The maximum Gasteiger partial charge on any atom is 0.236 e. The van der Waals surface area contributed by atoms with Gasteiger partial charge in [0.05, 0.1) is 6.04 Å². The first-order valence-corrected chi connectivity index (χ1v) is 5.52. The summed E-state index contributed by atoms with van der Waals surface area (Å²) in [6.45, 7) is 4.47. The predicted octanol–water partition coefficient (Wildman–Crippen LogP) is 1.15. The number of phenolic OH excluding ortho intramolecular Hbond substituents is 1. The van der Waals surface area contributed by atoms with Gasteiger partial charge in [0.25, 0.3) is 0 Å². The monoisotopic (exact) mass is 240 g/mol. The van der Waals surface area contributed by atoms with E-state index < -0.39 is 5.82 Å². The Morgan fingerprint density at radius 1 is 1.47 bits per heavy atom. The van der Waals surface area contributed by atoms with E-state index in [1.165, 1.54) is 12.1 Å². The summed E-state index contributed by atoms with van der Waals surface area (Å²) in [6, 6.07) is 3.45. The van der Waals surface area contributed by atoms with Crippen molar-refractivity contribution in [2.24, 2.45) is 0 Å². The summed E-state index contributed by atoms with van der Waals surface area (Å²) in [5, 5.41) is 14.8. The SMILES string of the molecule is CCNC(=O)C(C)NCc1cc(O)cc(F)c1. The molecule has 0 saturated heterocycles. The molecule has 0 spiro atoms. The Morgan fingerprint density at radius 2 is 2.18 bits per heavy atom. The van der Waals surface area contributed by atoms with E-state index in [0.717, 1.165) is 6.07 Å². The summed E-state index contributed by atoms with van der Waals surface area (Å²) in [6.07, 6.45) is 0. The van der Waals surface area contributed by atoms with Crippen molar-refractivity contribution in [1.82, 2.24) is 10.6 Å². The number of halogens is 1. The molecule has 0 aliphatic heterocycles. The van der Waals surface area contributed by atoms with E-state index in [4.69, 9.17) is 0 Å². The van der Waals surface area contributed by atoms with Crippen molar-refractivity contribution < 1.29 is 14.3 Å². The number of carbonyl (C=O) groups excluding carboxylic acids is 1. The lowest BCUT2D eigenvalue weighted by molar-refractivity contribution is -0.122. The summed E-state index contributed by atoms with van der Waals surface area (Å²) in [5.41, 5.74) is 0.596. The van der Waals surface area contributed by atoms with Gasteiger partial charge in [0.1, 0.15) is 11.6 Å². The zero-order chi connectivity index (χ0) is 12.8. The zero-order valence-electron chi connectivity index (χ0n) is 9.96. The summed E-state index contributed by atoms with van der Waals surface area (Å²) < 4.78 is 13.0. The van der Waals surface area contributed by atoms with Crippen LogP contribution in [0.25, 0.3) is 0 Å². The van der Waals surface area contributed by atoms with Gasteiger partial charge in [-0.3, -0.25) is 4.79 Å². The van der Waals surface area contributed by atoms with Crippen LogP contribution in [0.4, 0.5) is 4.39 Å². The largest absolute Gasteiger partial charge is 0.508 e. The fourth-order valence-electron chi connectivity index (χ4n) is 1.43. The first kappa shape index (κ1) is 13.4. The minimum absolute atomic E-state index is 0.104. The fraction of sp³-hybridized carbons (Fsp3) is 0.417. The average Bonchev–Trinajstić information content (AvgIpc) is 2.25. The highest BCUT2D eigenvalue weighted by molar-refractivity contribution is 5.81. The molecule has 0 aliphatic carbocycles. The Bertz CT molecular complexity index is 376. The van der Waals surface area contributed by atoms with Crippen molar-refractivity contribution in [3.8, 4) is 5.75 Å². The van der Waals surface area contributed by atoms with Gasteiger partial charge >= 0.3 is 0 Å². The number of phenols is 1. The van der Waals surface area contributed by atoms with Gasteiger partial charge in [-0.25, -0.2) is 4.39 Å². The van der Waals surface area contributed by atoms with Crippen molar-refractivity contribution in [3.05, 3.63) is 29.6 Å². The highest BCUT2D eigenvalue weighted by Gasteiger charge is 2.10. The maximum absolute atomic E-state index is 13.0. The van der Waals surface area contributed by atoms with Gasteiger partial charge in [-0.15, -0.1) is 0 Å². The molecule has 0 fully saturated rings. The Labute approximate surface area is 99.8 Å². The van der Waals surface area contributed by atoms with Gasteiger partial charge in [0.15, 0.2) is 0 Å². The quantitative estimate of drug-likeness (QED) is 0.723. The molecule has 1 rings (SSSR count). The Morgan fingerprint density at radius 3 is 2.76 bits per heavy atom. The van der Waals surface area contributed by atoms with E-state index in [0.29, 0.717) is 18.7 Å². The molecule has 0 saturated carbocycles. The third-order valence-corrected chi connectivity index (χ3v) is 2.30. The van der Waals surface area contributed by atoms with Crippen molar-refractivity contribution in [2.75, 3.05) is 6.54 Å². The topological polar surface area (TPSA) is 61.4 Å². The van der Waals surface area contributed by atoms with E-state index in [9.17, 15) is 14.3 Å². The highest BCUT2D eigenvalue weighted by atomic mass is 19.1. The van der Waals surface area contributed by atoms with Crippen LogP contribution in [0.3, 0.4) is 0 Å². The Balaban J connectivity index is 2.52. The smallest absolute Gasteiger partial charge is 0.236 e. The molecule has 4 nitrogen and oxygen atoms in total. The molecular formula is C12H17FN2O2. The van der Waals surface area contributed by atoms with Gasteiger partial charge < -0.3 is 15.7 Å². The number of hydrogen-bond acceptors (Lipinski definition) is 3. The van der Waals surface area contributed by atoms with Crippen molar-refractivity contribution >= 4 is 5.91 Å². The number of amides is 1. The van der Waals surface area contributed by atoms with E-state index in [-0.39, 0.29) is 17.7 Å². The molecule has 1 aromatic carbocycles. The Hall–Kier alpha value is -1.62. The molecule has 94 valence electrons. The normalized spacial score (nSPS) is 12.2. The Kier molecular flexibility index (Phi) is 4.90. The number of rotatable bonds is 5. The number of hydrogen-bond donors (Lipinski definition) is 3. The van der Waals surface area contributed by atoms with E-state index in [2.05, 4.69) is 10.6 Å². The molecule has 1 aromatic rings. The molecular weight excluding hydrogens is 223 g/mol. The van der Waals surface area contributed by atoms with Crippen LogP contribution in [0.2, 0.25) is 0 Å². The summed E-state index contributed by atoms with van der Waals surface area (Å²) in [7, 11) is 0. The minimum Gasteiger partial charge on any atom is -0.508 e. The van der Waals surface area contributed by atoms with Crippen LogP contribution in [0.15, 0.2) is 18.2 Å². The van der Waals surface area contributed by atoms with Crippen LogP contribution in [-0.4, -0.2) is 23.6 Å². The third-order valence-electron chi connectivity index (χ3n) is 2.30. The van der Waals surface area contributed by atoms with Gasteiger partial charge in [0.2, 0.25) is 5.91 Å².